The monoisotopic (exact) mass is 419 g/mol. The van der Waals surface area contributed by atoms with Crippen LogP contribution in [0.1, 0.15) is 17.2 Å². The molecule has 0 aliphatic rings. The van der Waals surface area contributed by atoms with Gasteiger partial charge in [0, 0.05) is 20.0 Å². The van der Waals surface area contributed by atoms with Crippen molar-refractivity contribution in [3.63, 3.8) is 0 Å². The number of benzene rings is 2. The summed E-state index contributed by atoms with van der Waals surface area (Å²) in [7, 11) is 1.86. The van der Waals surface area contributed by atoms with E-state index in [2.05, 4.69) is 37.2 Å². The van der Waals surface area contributed by atoms with Gasteiger partial charge in [-0.2, -0.15) is 0 Å². The molecular weight excluding hydrogens is 408 g/mol. The molecule has 0 aromatic heterocycles. The van der Waals surface area contributed by atoms with Crippen LogP contribution in [0.5, 0.6) is 0 Å². The maximum Gasteiger partial charge on any atom is 0.126 e. The second kappa shape index (κ2) is 7.03. The molecule has 0 aliphatic carbocycles. The summed E-state index contributed by atoms with van der Waals surface area (Å²) in [5.74, 6) is -0.233. The minimum atomic E-state index is -0.233. The molecule has 0 saturated carbocycles. The van der Waals surface area contributed by atoms with E-state index >= 15 is 0 Å². The average Bonchev–Trinajstić information content (AvgIpc) is 2.40. The Kier molecular flexibility index (Phi) is 5.61. The zero-order chi connectivity index (χ0) is 14.7. The Hall–Kier alpha value is -0.420. The molecule has 1 unspecified atom stereocenters. The van der Waals surface area contributed by atoms with Crippen LogP contribution < -0.4 is 5.32 Å². The van der Waals surface area contributed by atoms with Crippen LogP contribution in [-0.2, 0) is 6.42 Å². The van der Waals surface area contributed by atoms with Crippen LogP contribution in [0.25, 0.3) is 0 Å². The van der Waals surface area contributed by atoms with Crippen LogP contribution in [0.15, 0.2) is 45.3 Å². The summed E-state index contributed by atoms with van der Waals surface area (Å²) >= 11 is 12.9. The predicted octanol–water partition coefficient (Wildman–Crippen LogP) is 5.51. The number of rotatable bonds is 4. The van der Waals surface area contributed by atoms with Crippen LogP contribution in [0, 0.1) is 5.82 Å². The topological polar surface area (TPSA) is 12.0 Å². The van der Waals surface area contributed by atoms with Crippen LogP contribution in [0.2, 0.25) is 5.02 Å². The van der Waals surface area contributed by atoms with Crippen LogP contribution >= 0.6 is 43.5 Å². The van der Waals surface area contributed by atoms with E-state index in [1.807, 2.05) is 25.2 Å². The van der Waals surface area contributed by atoms with E-state index in [9.17, 15) is 4.39 Å². The fraction of sp³-hybridized carbons (Fsp3) is 0.200. The molecule has 2 aromatic carbocycles. The second-order valence-electron chi connectivity index (χ2n) is 4.45. The molecule has 1 atom stereocenters. The van der Waals surface area contributed by atoms with Crippen molar-refractivity contribution in [3.8, 4) is 0 Å². The fourth-order valence-corrected chi connectivity index (χ4v) is 3.59. The van der Waals surface area contributed by atoms with Crippen molar-refractivity contribution in [1.82, 2.24) is 5.32 Å². The smallest absolute Gasteiger partial charge is 0.126 e. The number of hydrogen-bond donors (Lipinski definition) is 1. The molecule has 1 nitrogen and oxygen atoms in total. The first-order valence-electron chi connectivity index (χ1n) is 6.07. The number of nitrogens with one attached hydrogen (secondary N) is 1. The average molecular weight is 422 g/mol. The minimum Gasteiger partial charge on any atom is -0.313 e. The van der Waals surface area contributed by atoms with E-state index in [0.29, 0.717) is 17.0 Å². The zero-order valence-electron chi connectivity index (χ0n) is 10.8. The van der Waals surface area contributed by atoms with Gasteiger partial charge in [0.2, 0.25) is 0 Å². The third kappa shape index (κ3) is 3.82. The summed E-state index contributed by atoms with van der Waals surface area (Å²) in [5.41, 5.74) is 1.68. The number of likely N-dealkylation sites (N-methyl/N-ethyl adjacent to an activating group) is 1. The van der Waals surface area contributed by atoms with Gasteiger partial charge in [-0.1, -0.05) is 49.5 Å². The SMILES string of the molecule is CNC(Cc1cc(Cl)ccc1F)c1ccc(Br)cc1Br. The van der Waals surface area contributed by atoms with Gasteiger partial charge < -0.3 is 5.32 Å². The van der Waals surface area contributed by atoms with Crippen LogP contribution in [-0.4, -0.2) is 7.05 Å². The van der Waals surface area contributed by atoms with Gasteiger partial charge in [-0.25, -0.2) is 4.39 Å². The van der Waals surface area contributed by atoms with Crippen molar-refractivity contribution in [1.29, 1.82) is 0 Å². The van der Waals surface area contributed by atoms with Crippen molar-refractivity contribution in [3.05, 3.63) is 67.3 Å². The summed E-state index contributed by atoms with van der Waals surface area (Å²) in [6.45, 7) is 0. The molecule has 1 N–H and O–H groups in total. The Labute approximate surface area is 139 Å². The molecular formula is C15H13Br2ClFN. The van der Waals surface area contributed by atoms with E-state index in [1.54, 1.807) is 12.1 Å². The summed E-state index contributed by atoms with van der Waals surface area (Å²) in [6.07, 6.45) is 0.531. The van der Waals surface area contributed by atoms with Gasteiger partial charge in [0.1, 0.15) is 5.82 Å². The lowest BCUT2D eigenvalue weighted by Gasteiger charge is -2.19. The molecule has 5 heteroatoms. The third-order valence-electron chi connectivity index (χ3n) is 3.12. The van der Waals surface area contributed by atoms with E-state index in [1.165, 1.54) is 6.07 Å². The van der Waals surface area contributed by atoms with Gasteiger partial charge in [0.25, 0.3) is 0 Å². The van der Waals surface area contributed by atoms with Gasteiger partial charge in [0.05, 0.1) is 0 Å². The first-order valence-corrected chi connectivity index (χ1v) is 8.04. The fourth-order valence-electron chi connectivity index (χ4n) is 2.07. The Morgan fingerprint density at radius 2 is 1.95 bits per heavy atom. The van der Waals surface area contributed by atoms with Gasteiger partial charge in [-0.15, -0.1) is 0 Å². The van der Waals surface area contributed by atoms with Crippen molar-refractivity contribution in [2.75, 3.05) is 7.05 Å². The molecule has 0 radical (unpaired) electrons. The standard InChI is InChI=1S/C15H13Br2ClFN/c1-20-15(12-4-2-10(16)8-13(12)17)7-9-6-11(18)3-5-14(9)19/h2-6,8,15,20H,7H2,1H3. The lowest BCUT2D eigenvalue weighted by molar-refractivity contribution is 0.553. The van der Waals surface area contributed by atoms with Crippen molar-refractivity contribution >= 4 is 43.5 Å². The van der Waals surface area contributed by atoms with Gasteiger partial charge in [0.15, 0.2) is 0 Å². The molecule has 0 fully saturated rings. The predicted molar refractivity (Wildman–Crippen MR) is 88.8 cm³/mol. The van der Waals surface area contributed by atoms with Crippen LogP contribution in [0.3, 0.4) is 0 Å². The third-order valence-corrected chi connectivity index (χ3v) is 4.53. The van der Waals surface area contributed by atoms with Crippen molar-refractivity contribution in [2.24, 2.45) is 0 Å². The van der Waals surface area contributed by atoms with Crippen LogP contribution in [0.4, 0.5) is 4.39 Å². The van der Waals surface area contributed by atoms with Gasteiger partial charge in [-0.3, -0.25) is 0 Å². The molecule has 0 bridgehead atoms. The Morgan fingerprint density at radius 1 is 1.20 bits per heavy atom. The molecule has 106 valence electrons. The highest BCUT2D eigenvalue weighted by Crippen LogP contribution is 2.29. The second-order valence-corrected chi connectivity index (χ2v) is 6.65. The number of halogens is 4. The number of hydrogen-bond acceptors (Lipinski definition) is 1. The first-order chi connectivity index (χ1) is 9.51. The lowest BCUT2D eigenvalue weighted by atomic mass is 9.99. The largest absolute Gasteiger partial charge is 0.313 e. The van der Waals surface area contributed by atoms with Gasteiger partial charge >= 0.3 is 0 Å². The highest BCUT2D eigenvalue weighted by molar-refractivity contribution is 9.11. The van der Waals surface area contributed by atoms with E-state index < -0.39 is 0 Å². The summed E-state index contributed by atoms with van der Waals surface area (Å²) in [4.78, 5) is 0. The normalized spacial score (nSPS) is 12.4. The molecule has 20 heavy (non-hydrogen) atoms. The van der Waals surface area contributed by atoms with E-state index in [0.717, 1.165) is 14.5 Å². The summed E-state index contributed by atoms with van der Waals surface area (Å²) in [6, 6.07) is 10.6. The Morgan fingerprint density at radius 3 is 2.60 bits per heavy atom. The molecule has 0 aliphatic heterocycles. The molecule has 0 amide bonds. The van der Waals surface area contributed by atoms with Crippen molar-refractivity contribution in [2.45, 2.75) is 12.5 Å². The summed E-state index contributed by atoms with van der Waals surface area (Å²) < 4.78 is 15.8. The Balaban J connectivity index is 2.31. The van der Waals surface area contributed by atoms with Crippen molar-refractivity contribution < 1.29 is 4.39 Å². The molecule has 2 aromatic rings. The molecule has 2 rings (SSSR count). The maximum absolute atomic E-state index is 13.8. The lowest BCUT2D eigenvalue weighted by Crippen LogP contribution is -2.19. The van der Waals surface area contributed by atoms with Gasteiger partial charge in [-0.05, 0) is 54.9 Å². The Bertz CT molecular complexity index is 619. The zero-order valence-corrected chi connectivity index (χ0v) is 14.7. The minimum absolute atomic E-state index is 0.00504. The molecule has 0 saturated heterocycles. The summed E-state index contributed by atoms with van der Waals surface area (Å²) in [5, 5.41) is 3.77. The maximum atomic E-state index is 13.8. The molecule has 0 spiro atoms. The quantitative estimate of drug-likeness (QED) is 0.687. The molecule has 0 heterocycles. The first kappa shape index (κ1) is 16.0. The highest BCUT2D eigenvalue weighted by Gasteiger charge is 2.16. The highest BCUT2D eigenvalue weighted by atomic mass is 79.9. The van der Waals surface area contributed by atoms with E-state index in [-0.39, 0.29) is 11.9 Å². The van der Waals surface area contributed by atoms with E-state index in [4.69, 9.17) is 11.6 Å².